The Hall–Kier alpha value is -3.39. The molecule has 1 aromatic carbocycles. The zero-order chi connectivity index (χ0) is 17.8. The van der Waals surface area contributed by atoms with Gasteiger partial charge in [0.2, 0.25) is 0 Å². The van der Waals surface area contributed by atoms with Crippen molar-refractivity contribution in [2.24, 2.45) is 0 Å². The van der Waals surface area contributed by atoms with Crippen LogP contribution in [0.4, 0.5) is 11.6 Å². The second-order valence-corrected chi connectivity index (χ2v) is 6.24. The van der Waals surface area contributed by atoms with Crippen LogP contribution in [-0.2, 0) is 0 Å². The third kappa shape index (κ3) is 3.22. The monoisotopic (exact) mass is 341 g/mol. The average Bonchev–Trinajstić information content (AvgIpc) is 2.75. The van der Waals surface area contributed by atoms with E-state index in [0.29, 0.717) is 5.56 Å². The van der Waals surface area contributed by atoms with E-state index in [2.05, 4.69) is 25.8 Å². The summed E-state index contributed by atoms with van der Waals surface area (Å²) in [5.74, 6) is 1.77. The second-order valence-electron chi connectivity index (χ2n) is 6.24. The van der Waals surface area contributed by atoms with Gasteiger partial charge in [-0.1, -0.05) is 36.4 Å². The minimum absolute atomic E-state index is 0.623. The Morgan fingerprint density at radius 1 is 0.808 bits per heavy atom. The molecule has 0 N–H and O–H groups in total. The molecule has 0 bridgehead atoms. The number of hydrogen-bond acceptors (Lipinski definition) is 5. The fourth-order valence-corrected chi connectivity index (χ4v) is 3.27. The molecular formula is C21H19N5. The van der Waals surface area contributed by atoms with Crippen LogP contribution < -0.4 is 9.80 Å². The Kier molecular flexibility index (Phi) is 4.48. The van der Waals surface area contributed by atoms with Crippen LogP contribution in [0.3, 0.4) is 0 Å². The van der Waals surface area contributed by atoms with E-state index in [9.17, 15) is 5.26 Å². The average molecular weight is 341 g/mol. The molecule has 5 nitrogen and oxygen atoms in total. The van der Waals surface area contributed by atoms with E-state index >= 15 is 0 Å². The smallest absolute Gasteiger partial charge is 0.146 e. The Morgan fingerprint density at radius 3 is 2.23 bits per heavy atom. The standard InChI is InChI=1S/C21H19N5/c22-15-18-14-19(17-6-2-1-3-7-17)16-24-21(18)26-12-10-25(11-13-26)20-8-4-5-9-23-20/h1-9,14,16H,10-13H2. The highest BCUT2D eigenvalue weighted by Gasteiger charge is 2.21. The molecule has 4 rings (SSSR count). The summed E-state index contributed by atoms with van der Waals surface area (Å²) in [5, 5.41) is 9.61. The van der Waals surface area contributed by atoms with Gasteiger partial charge < -0.3 is 9.80 Å². The number of pyridine rings is 2. The van der Waals surface area contributed by atoms with E-state index in [1.165, 1.54) is 0 Å². The molecule has 3 aromatic rings. The van der Waals surface area contributed by atoms with Gasteiger partial charge in [-0.25, -0.2) is 9.97 Å². The summed E-state index contributed by atoms with van der Waals surface area (Å²) < 4.78 is 0. The fourth-order valence-electron chi connectivity index (χ4n) is 3.27. The minimum atomic E-state index is 0.623. The molecule has 0 atom stereocenters. The van der Waals surface area contributed by atoms with Crippen molar-refractivity contribution >= 4 is 11.6 Å². The fraction of sp³-hybridized carbons (Fsp3) is 0.190. The van der Waals surface area contributed by atoms with Gasteiger partial charge in [-0.05, 0) is 23.8 Å². The van der Waals surface area contributed by atoms with Crippen LogP contribution in [0.2, 0.25) is 0 Å². The lowest BCUT2D eigenvalue weighted by molar-refractivity contribution is 0.641. The van der Waals surface area contributed by atoms with Crippen molar-refractivity contribution in [1.82, 2.24) is 9.97 Å². The summed E-state index contributed by atoms with van der Waals surface area (Å²) in [6.45, 7) is 3.37. The number of benzene rings is 1. The summed E-state index contributed by atoms with van der Waals surface area (Å²) in [4.78, 5) is 13.5. The van der Waals surface area contributed by atoms with Gasteiger partial charge in [0.25, 0.3) is 0 Å². The molecule has 5 heteroatoms. The maximum Gasteiger partial charge on any atom is 0.146 e. The zero-order valence-electron chi connectivity index (χ0n) is 14.4. The summed E-state index contributed by atoms with van der Waals surface area (Å²) in [7, 11) is 0. The van der Waals surface area contributed by atoms with Crippen LogP contribution >= 0.6 is 0 Å². The van der Waals surface area contributed by atoms with Gasteiger partial charge in [0.15, 0.2) is 0 Å². The van der Waals surface area contributed by atoms with Crippen LogP contribution in [0.15, 0.2) is 67.0 Å². The molecule has 128 valence electrons. The molecule has 2 aromatic heterocycles. The number of nitrogens with zero attached hydrogens (tertiary/aromatic N) is 5. The van der Waals surface area contributed by atoms with E-state index in [4.69, 9.17) is 0 Å². The molecule has 0 unspecified atom stereocenters. The lowest BCUT2D eigenvalue weighted by Crippen LogP contribution is -2.47. The lowest BCUT2D eigenvalue weighted by atomic mass is 10.1. The first-order valence-electron chi connectivity index (χ1n) is 8.71. The summed E-state index contributed by atoms with van der Waals surface area (Å²) in [6.07, 6.45) is 3.68. The summed E-state index contributed by atoms with van der Waals surface area (Å²) in [6, 6.07) is 20.2. The highest BCUT2D eigenvalue weighted by molar-refractivity contribution is 5.68. The first kappa shape index (κ1) is 16.1. The van der Waals surface area contributed by atoms with Gasteiger partial charge in [0.05, 0.1) is 5.56 Å². The van der Waals surface area contributed by atoms with Crippen molar-refractivity contribution in [3.63, 3.8) is 0 Å². The van der Waals surface area contributed by atoms with Crippen molar-refractivity contribution in [2.45, 2.75) is 0 Å². The van der Waals surface area contributed by atoms with E-state index in [0.717, 1.165) is 48.9 Å². The number of anilines is 2. The third-order valence-corrected chi connectivity index (χ3v) is 4.65. The van der Waals surface area contributed by atoms with Crippen molar-refractivity contribution < 1.29 is 0 Å². The highest BCUT2D eigenvalue weighted by atomic mass is 15.3. The number of aromatic nitrogens is 2. The molecule has 26 heavy (non-hydrogen) atoms. The van der Waals surface area contributed by atoms with Gasteiger partial charge in [0, 0.05) is 44.1 Å². The molecule has 1 aliphatic heterocycles. The first-order valence-corrected chi connectivity index (χ1v) is 8.71. The largest absolute Gasteiger partial charge is 0.353 e. The quantitative estimate of drug-likeness (QED) is 0.731. The van der Waals surface area contributed by atoms with E-state index in [1.54, 1.807) is 0 Å². The molecule has 0 amide bonds. The molecular weight excluding hydrogens is 322 g/mol. The predicted octanol–water partition coefficient (Wildman–Crippen LogP) is 3.34. The molecule has 0 saturated carbocycles. The molecule has 0 spiro atoms. The zero-order valence-corrected chi connectivity index (χ0v) is 14.4. The van der Waals surface area contributed by atoms with Crippen molar-refractivity contribution in [2.75, 3.05) is 36.0 Å². The Labute approximate surface area is 153 Å². The van der Waals surface area contributed by atoms with E-state index in [1.807, 2.05) is 67.0 Å². The van der Waals surface area contributed by atoms with Crippen LogP contribution in [0.25, 0.3) is 11.1 Å². The molecule has 1 saturated heterocycles. The van der Waals surface area contributed by atoms with Gasteiger partial charge in [0.1, 0.15) is 17.7 Å². The van der Waals surface area contributed by atoms with Crippen LogP contribution in [0, 0.1) is 11.3 Å². The van der Waals surface area contributed by atoms with Gasteiger partial charge in [-0.15, -0.1) is 0 Å². The normalized spacial score (nSPS) is 14.1. The van der Waals surface area contributed by atoms with Gasteiger partial charge in [-0.2, -0.15) is 5.26 Å². The molecule has 1 fully saturated rings. The molecule has 3 heterocycles. The SMILES string of the molecule is N#Cc1cc(-c2ccccc2)cnc1N1CCN(c2ccccn2)CC1. The molecule has 0 radical (unpaired) electrons. The maximum atomic E-state index is 9.61. The number of rotatable bonds is 3. The lowest BCUT2D eigenvalue weighted by Gasteiger charge is -2.36. The Bertz CT molecular complexity index is 910. The molecule has 0 aliphatic carbocycles. The van der Waals surface area contributed by atoms with Crippen LogP contribution in [-0.4, -0.2) is 36.1 Å². The van der Waals surface area contributed by atoms with Crippen molar-refractivity contribution in [1.29, 1.82) is 5.26 Å². The highest BCUT2D eigenvalue weighted by Crippen LogP contribution is 2.26. The Morgan fingerprint density at radius 2 is 1.54 bits per heavy atom. The second kappa shape index (κ2) is 7.24. The third-order valence-electron chi connectivity index (χ3n) is 4.65. The first-order chi connectivity index (χ1) is 12.8. The maximum absolute atomic E-state index is 9.61. The van der Waals surface area contributed by atoms with E-state index < -0.39 is 0 Å². The Balaban J connectivity index is 1.53. The van der Waals surface area contributed by atoms with Crippen molar-refractivity contribution in [3.8, 4) is 17.2 Å². The summed E-state index contributed by atoms with van der Waals surface area (Å²) in [5.41, 5.74) is 2.67. The minimum Gasteiger partial charge on any atom is -0.353 e. The van der Waals surface area contributed by atoms with Crippen LogP contribution in [0.5, 0.6) is 0 Å². The summed E-state index contributed by atoms with van der Waals surface area (Å²) >= 11 is 0. The predicted molar refractivity (Wildman–Crippen MR) is 103 cm³/mol. The number of nitriles is 1. The van der Waals surface area contributed by atoms with Crippen LogP contribution in [0.1, 0.15) is 5.56 Å². The van der Waals surface area contributed by atoms with E-state index in [-0.39, 0.29) is 0 Å². The van der Waals surface area contributed by atoms with Gasteiger partial charge >= 0.3 is 0 Å². The number of hydrogen-bond donors (Lipinski definition) is 0. The molecule has 1 aliphatic rings. The topological polar surface area (TPSA) is 56.1 Å². The number of piperazine rings is 1. The van der Waals surface area contributed by atoms with Gasteiger partial charge in [-0.3, -0.25) is 0 Å². The van der Waals surface area contributed by atoms with Crippen molar-refractivity contribution in [3.05, 3.63) is 72.6 Å².